The molecule has 0 unspecified atom stereocenters. The summed E-state index contributed by atoms with van der Waals surface area (Å²) in [5.74, 6) is -1.18. The smallest absolute Gasteiger partial charge is 0.270 e. The van der Waals surface area contributed by atoms with Gasteiger partial charge in [-0.25, -0.2) is 13.8 Å². The Bertz CT molecular complexity index is 1160. The summed E-state index contributed by atoms with van der Waals surface area (Å²) in [6, 6.07) is 9.83. The minimum absolute atomic E-state index is 0.0833. The summed E-state index contributed by atoms with van der Waals surface area (Å²) in [6.07, 6.45) is 1.75. The lowest BCUT2D eigenvalue weighted by atomic mass is 10.0. The summed E-state index contributed by atoms with van der Waals surface area (Å²) in [5.41, 5.74) is 0.595. The van der Waals surface area contributed by atoms with Crippen LogP contribution in [0.2, 0.25) is 0 Å². The van der Waals surface area contributed by atoms with E-state index in [1.807, 2.05) is 6.07 Å². The number of benzene rings is 2. The summed E-state index contributed by atoms with van der Waals surface area (Å²) in [7, 11) is 1.47. The average Bonchev–Trinajstić information content (AvgIpc) is 2.72. The van der Waals surface area contributed by atoms with Crippen molar-refractivity contribution in [3.63, 3.8) is 0 Å². The standard InChI is InChI=1S/C20H15F2N3O3S/c1-27-16-5-3-11(18-14(9-23)19(26)25-20(24-18)29-2)7-12(16)10-28-17-6-4-13(21)8-15(17)22/h3-8H,10H2,1-2H3,(H,24,25,26). The van der Waals surface area contributed by atoms with Gasteiger partial charge in [0, 0.05) is 17.2 Å². The molecule has 1 N–H and O–H groups in total. The molecule has 148 valence electrons. The minimum atomic E-state index is -0.826. The molecule has 0 aliphatic rings. The zero-order chi connectivity index (χ0) is 21.0. The van der Waals surface area contributed by atoms with Gasteiger partial charge in [0.2, 0.25) is 0 Å². The van der Waals surface area contributed by atoms with E-state index in [1.165, 1.54) is 24.9 Å². The van der Waals surface area contributed by atoms with Crippen molar-refractivity contribution in [3.8, 4) is 28.8 Å². The second-order valence-corrected chi connectivity index (χ2v) is 6.60. The third-order valence-corrected chi connectivity index (χ3v) is 4.61. The quantitative estimate of drug-likeness (QED) is 0.485. The fourth-order valence-corrected chi connectivity index (χ4v) is 3.03. The monoisotopic (exact) mass is 415 g/mol. The fourth-order valence-electron chi connectivity index (χ4n) is 2.65. The van der Waals surface area contributed by atoms with E-state index in [1.54, 1.807) is 24.5 Å². The molecular weight excluding hydrogens is 400 g/mol. The number of nitrogens with zero attached hydrogens (tertiary/aromatic N) is 2. The van der Waals surface area contributed by atoms with Crippen LogP contribution in [0.3, 0.4) is 0 Å². The van der Waals surface area contributed by atoms with Crippen LogP contribution in [0.15, 0.2) is 46.3 Å². The van der Waals surface area contributed by atoms with Crippen LogP contribution in [0.25, 0.3) is 11.3 Å². The highest BCUT2D eigenvalue weighted by atomic mass is 32.2. The molecule has 0 bridgehead atoms. The molecule has 29 heavy (non-hydrogen) atoms. The molecule has 0 amide bonds. The molecule has 9 heteroatoms. The number of aromatic amines is 1. The highest BCUT2D eigenvalue weighted by molar-refractivity contribution is 7.98. The SMILES string of the molecule is COc1ccc(-c2nc(SC)[nH]c(=O)c2C#N)cc1COc1ccc(F)cc1F. The molecule has 1 aromatic heterocycles. The van der Waals surface area contributed by atoms with Crippen LogP contribution in [0, 0.1) is 23.0 Å². The second-order valence-electron chi connectivity index (χ2n) is 5.80. The summed E-state index contributed by atoms with van der Waals surface area (Å²) < 4.78 is 37.6. The highest BCUT2D eigenvalue weighted by Crippen LogP contribution is 2.29. The van der Waals surface area contributed by atoms with Crippen molar-refractivity contribution < 1.29 is 18.3 Å². The lowest BCUT2D eigenvalue weighted by Crippen LogP contribution is -2.14. The number of nitriles is 1. The van der Waals surface area contributed by atoms with Gasteiger partial charge in [0.05, 0.1) is 12.8 Å². The number of halogens is 2. The number of hydrogen-bond acceptors (Lipinski definition) is 6. The molecule has 0 saturated carbocycles. The van der Waals surface area contributed by atoms with Gasteiger partial charge >= 0.3 is 0 Å². The Kier molecular flexibility index (Phi) is 6.14. The van der Waals surface area contributed by atoms with Crippen LogP contribution >= 0.6 is 11.8 Å². The van der Waals surface area contributed by atoms with E-state index >= 15 is 0 Å². The average molecular weight is 415 g/mol. The van der Waals surface area contributed by atoms with Crippen LogP contribution < -0.4 is 15.0 Å². The van der Waals surface area contributed by atoms with Crippen LogP contribution in [0.1, 0.15) is 11.1 Å². The lowest BCUT2D eigenvalue weighted by molar-refractivity contribution is 0.282. The van der Waals surface area contributed by atoms with Crippen LogP contribution in [-0.2, 0) is 6.61 Å². The molecule has 0 saturated heterocycles. The molecule has 3 rings (SSSR count). The molecule has 0 spiro atoms. The Morgan fingerprint density at radius 1 is 1.21 bits per heavy atom. The lowest BCUT2D eigenvalue weighted by Gasteiger charge is -2.13. The van der Waals surface area contributed by atoms with Gasteiger partial charge in [0.25, 0.3) is 5.56 Å². The third-order valence-electron chi connectivity index (χ3n) is 4.03. The van der Waals surface area contributed by atoms with E-state index in [9.17, 15) is 18.8 Å². The number of methoxy groups -OCH3 is 1. The predicted molar refractivity (Wildman–Crippen MR) is 104 cm³/mol. The van der Waals surface area contributed by atoms with Crippen molar-refractivity contribution in [1.82, 2.24) is 9.97 Å². The van der Waals surface area contributed by atoms with Crippen molar-refractivity contribution in [2.45, 2.75) is 11.8 Å². The first kappa shape index (κ1) is 20.4. The molecule has 1 heterocycles. The van der Waals surface area contributed by atoms with Gasteiger partial charge in [-0.15, -0.1) is 0 Å². The van der Waals surface area contributed by atoms with Crippen molar-refractivity contribution in [2.75, 3.05) is 13.4 Å². The Morgan fingerprint density at radius 2 is 1.97 bits per heavy atom. The van der Waals surface area contributed by atoms with Crippen molar-refractivity contribution in [2.24, 2.45) is 0 Å². The molecule has 0 atom stereocenters. The highest BCUT2D eigenvalue weighted by Gasteiger charge is 2.16. The van der Waals surface area contributed by atoms with Gasteiger partial charge in [-0.1, -0.05) is 11.8 Å². The normalized spacial score (nSPS) is 10.4. The zero-order valence-electron chi connectivity index (χ0n) is 15.5. The predicted octanol–water partition coefficient (Wildman–Crippen LogP) is 3.90. The van der Waals surface area contributed by atoms with Crippen LogP contribution in [-0.4, -0.2) is 23.3 Å². The van der Waals surface area contributed by atoms with Gasteiger partial charge in [-0.2, -0.15) is 5.26 Å². The van der Waals surface area contributed by atoms with Crippen LogP contribution in [0.5, 0.6) is 11.5 Å². The maximum absolute atomic E-state index is 13.8. The number of aromatic nitrogens is 2. The molecule has 0 aliphatic carbocycles. The van der Waals surface area contributed by atoms with Crippen LogP contribution in [0.4, 0.5) is 8.78 Å². The third kappa shape index (κ3) is 4.38. The first-order valence-corrected chi connectivity index (χ1v) is 9.52. The van der Waals surface area contributed by atoms with Gasteiger partial charge in [0.1, 0.15) is 29.8 Å². The fraction of sp³-hybridized carbons (Fsp3) is 0.150. The Hall–Kier alpha value is -3.38. The van der Waals surface area contributed by atoms with Gasteiger partial charge in [0.15, 0.2) is 16.7 Å². The summed E-state index contributed by atoms with van der Waals surface area (Å²) in [6.45, 7) is -0.0833. The molecule has 3 aromatic rings. The molecule has 0 aliphatic heterocycles. The molecule has 6 nitrogen and oxygen atoms in total. The van der Waals surface area contributed by atoms with E-state index in [-0.39, 0.29) is 23.6 Å². The number of hydrogen-bond donors (Lipinski definition) is 1. The number of ether oxygens (including phenoxy) is 2. The number of H-pyrrole nitrogens is 1. The largest absolute Gasteiger partial charge is 0.496 e. The van der Waals surface area contributed by atoms with Gasteiger partial charge < -0.3 is 14.5 Å². The minimum Gasteiger partial charge on any atom is -0.496 e. The second kappa shape index (κ2) is 8.75. The Balaban J connectivity index is 2.01. The van der Waals surface area contributed by atoms with Crippen molar-refractivity contribution in [1.29, 1.82) is 5.26 Å². The summed E-state index contributed by atoms with van der Waals surface area (Å²) >= 11 is 1.24. The van der Waals surface area contributed by atoms with E-state index in [0.717, 1.165) is 12.1 Å². The number of rotatable bonds is 6. The van der Waals surface area contributed by atoms with Gasteiger partial charge in [-0.05, 0) is 36.6 Å². The topological polar surface area (TPSA) is 88.0 Å². The van der Waals surface area contributed by atoms with E-state index in [2.05, 4.69) is 9.97 Å². The van der Waals surface area contributed by atoms with Crippen molar-refractivity contribution >= 4 is 11.8 Å². The summed E-state index contributed by atoms with van der Waals surface area (Å²) in [5, 5.41) is 9.73. The zero-order valence-corrected chi connectivity index (χ0v) is 16.3. The first-order valence-electron chi connectivity index (χ1n) is 8.30. The Labute approximate surface area is 169 Å². The van der Waals surface area contributed by atoms with Crippen molar-refractivity contribution in [3.05, 3.63) is 69.5 Å². The molecule has 0 fully saturated rings. The maximum atomic E-state index is 13.8. The molecule has 0 radical (unpaired) electrons. The first-order chi connectivity index (χ1) is 14.0. The van der Waals surface area contributed by atoms with E-state index < -0.39 is 17.2 Å². The van der Waals surface area contributed by atoms with E-state index in [4.69, 9.17) is 9.47 Å². The Morgan fingerprint density at radius 3 is 2.62 bits per heavy atom. The molecule has 2 aromatic carbocycles. The number of thioether (sulfide) groups is 1. The molecular formula is C20H15F2N3O3S. The summed E-state index contributed by atoms with van der Waals surface area (Å²) in [4.78, 5) is 19.0. The van der Waals surface area contributed by atoms with Gasteiger partial charge in [-0.3, -0.25) is 4.79 Å². The number of nitrogens with one attached hydrogen (secondary N) is 1. The van der Waals surface area contributed by atoms with E-state index in [0.29, 0.717) is 22.0 Å². The maximum Gasteiger partial charge on any atom is 0.270 e.